The van der Waals surface area contributed by atoms with Crippen molar-refractivity contribution < 1.29 is 8.42 Å². The van der Waals surface area contributed by atoms with Crippen LogP contribution in [0.2, 0.25) is 0 Å². The van der Waals surface area contributed by atoms with E-state index in [1.807, 2.05) is 0 Å². The summed E-state index contributed by atoms with van der Waals surface area (Å²) < 4.78 is 23.7. The molecule has 2 rings (SSSR count). The molecule has 0 unspecified atom stereocenters. The van der Waals surface area contributed by atoms with E-state index < -0.39 is 9.84 Å². The lowest BCUT2D eigenvalue weighted by atomic mass is 10.4. The van der Waals surface area contributed by atoms with E-state index in [2.05, 4.69) is 20.5 Å². The van der Waals surface area contributed by atoms with Gasteiger partial charge in [0.2, 0.25) is 9.84 Å². The van der Waals surface area contributed by atoms with Crippen molar-refractivity contribution in [3.8, 4) is 5.69 Å². The Morgan fingerprint density at radius 2 is 2.20 bits per heavy atom. The Morgan fingerprint density at radius 1 is 1.40 bits per heavy atom. The van der Waals surface area contributed by atoms with Crippen molar-refractivity contribution in [1.29, 1.82) is 0 Å². The van der Waals surface area contributed by atoms with Crippen LogP contribution in [0.25, 0.3) is 5.69 Å². The predicted octanol–water partition coefficient (Wildman–Crippen LogP) is -0.539. The molecule has 0 radical (unpaired) electrons. The predicted molar refractivity (Wildman–Crippen MR) is 50.1 cm³/mol. The summed E-state index contributed by atoms with van der Waals surface area (Å²) in [6.45, 7) is 0. The molecule has 0 aliphatic rings. The summed E-state index contributed by atoms with van der Waals surface area (Å²) in [5.74, 6) is 0. The number of hydrogen-bond acceptors (Lipinski definition) is 6. The SMILES string of the molecule is CS(=O)(=O)c1nnnn1-c1cccnc1. The van der Waals surface area contributed by atoms with E-state index in [0.717, 1.165) is 10.9 Å². The van der Waals surface area contributed by atoms with Gasteiger partial charge in [0.1, 0.15) is 0 Å². The van der Waals surface area contributed by atoms with Crippen LogP contribution in [-0.4, -0.2) is 39.9 Å². The quantitative estimate of drug-likeness (QED) is 0.681. The summed E-state index contributed by atoms with van der Waals surface area (Å²) in [5.41, 5.74) is 0.503. The molecule has 0 amide bonds. The van der Waals surface area contributed by atoms with Crippen LogP contribution in [0.1, 0.15) is 0 Å². The van der Waals surface area contributed by atoms with E-state index in [-0.39, 0.29) is 5.16 Å². The molecule has 0 aromatic carbocycles. The van der Waals surface area contributed by atoms with Gasteiger partial charge in [0, 0.05) is 12.5 Å². The molecule has 78 valence electrons. The molecule has 7 nitrogen and oxygen atoms in total. The molecule has 0 saturated carbocycles. The fourth-order valence-corrected chi connectivity index (χ4v) is 1.69. The molecule has 0 spiro atoms. The number of sulfone groups is 1. The zero-order chi connectivity index (χ0) is 10.9. The van der Waals surface area contributed by atoms with E-state index in [4.69, 9.17) is 0 Å². The topological polar surface area (TPSA) is 90.6 Å². The highest BCUT2D eigenvalue weighted by Gasteiger charge is 2.18. The van der Waals surface area contributed by atoms with E-state index in [1.165, 1.54) is 6.20 Å². The number of rotatable bonds is 2. The monoisotopic (exact) mass is 225 g/mol. The third-order valence-corrected chi connectivity index (χ3v) is 2.58. The molecule has 2 aromatic rings. The highest BCUT2D eigenvalue weighted by atomic mass is 32.2. The number of tetrazole rings is 1. The molecule has 0 atom stereocenters. The van der Waals surface area contributed by atoms with Crippen molar-refractivity contribution in [3.05, 3.63) is 24.5 Å². The van der Waals surface area contributed by atoms with Crippen molar-refractivity contribution in [2.75, 3.05) is 6.26 Å². The molecule has 0 bridgehead atoms. The minimum Gasteiger partial charge on any atom is -0.262 e. The van der Waals surface area contributed by atoms with Crippen LogP contribution in [0, 0.1) is 0 Å². The van der Waals surface area contributed by atoms with Crippen LogP contribution < -0.4 is 0 Å². The van der Waals surface area contributed by atoms with Gasteiger partial charge in [-0.3, -0.25) is 4.98 Å². The third kappa shape index (κ3) is 1.84. The van der Waals surface area contributed by atoms with Crippen molar-refractivity contribution in [3.63, 3.8) is 0 Å². The number of hydrogen-bond donors (Lipinski definition) is 0. The van der Waals surface area contributed by atoms with Gasteiger partial charge >= 0.3 is 0 Å². The van der Waals surface area contributed by atoms with Crippen molar-refractivity contribution >= 4 is 9.84 Å². The Bertz CT molecular complexity index is 562. The second kappa shape index (κ2) is 3.39. The van der Waals surface area contributed by atoms with E-state index >= 15 is 0 Å². The smallest absolute Gasteiger partial charge is 0.262 e. The molecular weight excluding hydrogens is 218 g/mol. The molecule has 8 heteroatoms. The average molecular weight is 225 g/mol. The number of pyridine rings is 1. The van der Waals surface area contributed by atoms with E-state index in [1.54, 1.807) is 18.3 Å². The van der Waals surface area contributed by atoms with Gasteiger partial charge in [0.25, 0.3) is 5.16 Å². The lowest BCUT2D eigenvalue weighted by Gasteiger charge is -2.00. The van der Waals surface area contributed by atoms with Crippen molar-refractivity contribution in [1.82, 2.24) is 25.2 Å². The summed E-state index contributed by atoms with van der Waals surface area (Å²) >= 11 is 0. The molecule has 15 heavy (non-hydrogen) atoms. The summed E-state index contributed by atoms with van der Waals surface area (Å²) in [4.78, 5) is 3.85. The Balaban J connectivity index is 2.61. The van der Waals surface area contributed by atoms with Gasteiger partial charge in [-0.1, -0.05) is 5.10 Å². The first kappa shape index (κ1) is 9.71. The normalized spacial score (nSPS) is 11.5. The van der Waals surface area contributed by atoms with Crippen LogP contribution in [-0.2, 0) is 9.84 Å². The maximum atomic E-state index is 11.3. The van der Waals surface area contributed by atoms with Gasteiger partial charge in [-0.2, -0.15) is 4.68 Å². The molecule has 0 aliphatic heterocycles. The van der Waals surface area contributed by atoms with Gasteiger partial charge in [-0.05, 0) is 22.6 Å². The zero-order valence-electron chi connectivity index (χ0n) is 7.77. The molecule has 2 heterocycles. The maximum Gasteiger partial charge on any atom is 0.272 e. The van der Waals surface area contributed by atoms with E-state index in [0.29, 0.717) is 5.69 Å². The van der Waals surface area contributed by atoms with Gasteiger partial charge in [-0.25, -0.2) is 8.42 Å². The van der Waals surface area contributed by atoms with Gasteiger partial charge in [0.15, 0.2) is 0 Å². The Kier molecular flexibility index (Phi) is 2.19. The maximum absolute atomic E-state index is 11.3. The first-order valence-electron chi connectivity index (χ1n) is 3.98. The van der Waals surface area contributed by atoms with Crippen LogP contribution >= 0.6 is 0 Å². The molecular formula is C7H7N5O2S. The Labute approximate surface area is 85.7 Å². The fourth-order valence-electron chi connectivity index (χ4n) is 1.05. The summed E-state index contributed by atoms with van der Waals surface area (Å²) in [6, 6.07) is 3.33. The lowest BCUT2D eigenvalue weighted by Crippen LogP contribution is -2.08. The van der Waals surface area contributed by atoms with Crippen LogP contribution in [0.3, 0.4) is 0 Å². The first-order chi connectivity index (χ1) is 7.09. The lowest BCUT2D eigenvalue weighted by molar-refractivity contribution is 0.586. The highest BCUT2D eigenvalue weighted by molar-refractivity contribution is 7.90. The van der Waals surface area contributed by atoms with E-state index in [9.17, 15) is 8.42 Å². The molecule has 2 aromatic heterocycles. The summed E-state index contributed by atoms with van der Waals surface area (Å²) in [6.07, 6.45) is 4.10. The third-order valence-electron chi connectivity index (χ3n) is 1.66. The van der Waals surface area contributed by atoms with Gasteiger partial charge in [0.05, 0.1) is 11.9 Å². The highest BCUT2D eigenvalue weighted by Crippen LogP contribution is 2.09. The minimum absolute atomic E-state index is 0.199. The van der Waals surface area contributed by atoms with Crippen molar-refractivity contribution in [2.24, 2.45) is 0 Å². The standard InChI is InChI=1S/C7H7N5O2S/c1-15(13,14)7-9-10-11-12(7)6-3-2-4-8-5-6/h2-5H,1H3. The molecule has 0 N–H and O–H groups in total. The summed E-state index contributed by atoms with van der Waals surface area (Å²) in [7, 11) is -3.44. The second-order valence-corrected chi connectivity index (χ2v) is 4.77. The van der Waals surface area contributed by atoms with Crippen LogP contribution in [0.4, 0.5) is 0 Å². The minimum atomic E-state index is -3.44. The van der Waals surface area contributed by atoms with Crippen LogP contribution in [0.15, 0.2) is 29.7 Å². The Morgan fingerprint density at radius 3 is 2.80 bits per heavy atom. The number of nitrogens with zero attached hydrogens (tertiary/aromatic N) is 5. The van der Waals surface area contributed by atoms with Crippen LogP contribution in [0.5, 0.6) is 0 Å². The number of aromatic nitrogens is 5. The van der Waals surface area contributed by atoms with Gasteiger partial charge < -0.3 is 0 Å². The fraction of sp³-hybridized carbons (Fsp3) is 0.143. The van der Waals surface area contributed by atoms with Crippen molar-refractivity contribution in [2.45, 2.75) is 5.16 Å². The average Bonchev–Trinajstić information content (AvgIpc) is 2.67. The molecule has 0 saturated heterocycles. The summed E-state index contributed by atoms with van der Waals surface area (Å²) in [5, 5.41) is 10.2. The van der Waals surface area contributed by atoms with Gasteiger partial charge in [-0.15, -0.1) is 0 Å². The molecule has 0 fully saturated rings. The first-order valence-corrected chi connectivity index (χ1v) is 5.87. The molecule has 0 aliphatic carbocycles. The Hall–Kier alpha value is -1.83. The second-order valence-electron chi connectivity index (χ2n) is 2.86. The zero-order valence-corrected chi connectivity index (χ0v) is 8.59. The largest absolute Gasteiger partial charge is 0.272 e.